The zero-order valence-corrected chi connectivity index (χ0v) is 32.3. The molecule has 0 atom stereocenters. The highest BCUT2D eigenvalue weighted by Crippen LogP contribution is 2.39. The molecule has 0 bridgehead atoms. The normalized spacial score (nSPS) is 14.0. The largest absolute Gasteiger partial charge is 0.491 e. The lowest BCUT2D eigenvalue weighted by atomic mass is 10.2. The molecule has 0 fully saturated rings. The van der Waals surface area contributed by atoms with Crippen LogP contribution in [0.4, 0.5) is 0 Å². The second-order valence-electron chi connectivity index (χ2n) is 12.1. The van der Waals surface area contributed by atoms with E-state index in [9.17, 15) is 16.8 Å². The number of thioether (sulfide) groups is 2. The van der Waals surface area contributed by atoms with Crippen molar-refractivity contribution in [3.05, 3.63) is 83.9 Å². The maximum Gasteiger partial charge on any atom is 0.240 e. The first-order valence-corrected chi connectivity index (χ1v) is 20.9. The first kappa shape index (κ1) is 38.7. The molecule has 16 heteroatoms. The summed E-state index contributed by atoms with van der Waals surface area (Å²) in [4.78, 5) is 6.38. The predicted molar refractivity (Wildman–Crippen MR) is 201 cm³/mol. The fourth-order valence-electron chi connectivity index (χ4n) is 5.13. The molecule has 2 aliphatic heterocycles. The Morgan fingerprint density at radius 3 is 1.57 bits per heavy atom. The lowest BCUT2D eigenvalue weighted by molar-refractivity contribution is 0.327. The van der Waals surface area contributed by atoms with Crippen LogP contribution in [0.1, 0.15) is 11.1 Å². The van der Waals surface area contributed by atoms with Crippen LogP contribution in [0.25, 0.3) is 0 Å². The minimum Gasteiger partial charge on any atom is -0.491 e. The number of benzene rings is 4. The number of nitrogens with two attached hydrogens (primary N) is 1. The minimum absolute atomic E-state index is 0.0712. The van der Waals surface area contributed by atoms with Gasteiger partial charge >= 0.3 is 0 Å². The molecular weight excluding hydrogens is 733 g/mol. The Balaban J connectivity index is 0.000000198. The van der Waals surface area contributed by atoms with Crippen LogP contribution in [0, 0.1) is 0 Å². The molecule has 2 aliphatic rings. The standard InChI is InChI=1S/C18H22N2O4S2.C17H20N2O4S2/c1-19-26(21,22)15-5-6-16(13(10-15)12-20(2)3)24-14-4-7-18-17(11-14)23-8-9-25-18;1-19(2)11-12-9-14(25(18,20)21)4-5-15(12)23-13-3-6-17-16(10-13)22-7-8-24-17/h4-7,10-11,19H,8-9,12H2,1-3H3;3-6,9-10H,7-8,11H2,1-2H3,(H2,18,20,21). The lowest BCUT2D eigenvalue weighted by Crippen LogP contribution is -2.19. The van der Waals surface area contributed by atoms with Gasteiger partial charge in [-0.25, -0.2) is 26.7 Å². The van der Waals surface area contributed by atoms with E-state index in [0.29, 0.717) is 49.3 Å². The van der Waals surface area contributed by atoms with Crippen LogP contribution in [0.5, 0.6) is 34.5 Å². The molecule has 2 heterocycles. The molecule has 0 saturated carbocycles. The molecule has 0 amide bonds. The highest BCUT2D eigenvalue weighted by molar-refractivity contribution is 7.99. The summed E-state index contributed by atoms with van der Waals surface area (Å²) in [5, 5.41) is 5.23. The van der Waals surface area contributed by atoms with Crippen molar-refractivity contribution in [3.63, 3.8) is 0 Å². The number of nitrogens with one attached hydrogen (secondary N) is 1. The molecule has 6 rings (SSSR count). The van der Waals surface area contributed by atoms with Gasteiger partial charge in [0.25, 0.3) is 0 Å². The van der Waals surface area contributed by atoms with Gasteiger partial charge in [0, 0.05) is 57.6 Å². The molecule has 0 radical (unpaired) electrons. The van der Waals surface area contributed by atoms with Gasteiger partial charge in [-0.2, -0.15) is 0 Å². The molecule has 3 N–H and O–H groups in total. The maximum absolute atomic E-state index is 12.1. The van der Waals surface area contributed by atoms with E-state index in [1.54, 1.807) is 53.9 Å². The second-order valence-corrected chi connectivity index (χ2v) is 17.8. The summed E-state index contributed by atoms with van der Waals surface area (Å²) in [5.74, 6) is 6.03. The highest BCUT2D eigenvalue weighted by atomic mass is 32.2. The molecule has 0 spiro atoms. The van der Waals surface area contributed by atoms with E-state index in [4.69, 9.17) is 24.1 Å². The van der Waals surface area contributed by atoms with E-state index in [1.807, 2.05) is 74.4 Å². The van der Waals surface area contributed by atoms with Gasteiger partial charge in [0.1, 0.15) is 34.5 Å². The van der Waals surface area contributed by atoms with Gasteiger partial charge in [0.05, 0.1) is 23.0 Å². The summed E-state index contributed by atoms with van der Waals surface area (Å²) in [6.45, 7) is 2.44. The highest BCUT2D eigenvalue weighted by Gasteiger charge is 2.18. The summed E-state index contributed by atoms with van der Waals surface area (Å²) >= 11 is 3.51. The van der Waals surface area contributed by atoms with Crippen molar-refractivity contribution in [2.75, 3.05) is 60.0 Å². The molecule has 51 heavy (non-hydrogen) atoms. The second kappa shape index (κ2) is 16.9. The Morgan fingerprint density at radius 1 is 0.686 bits per heavy atom. The van der Waals surface area contributed by atoms with Gasteiger partial charge in [-0.1, -0.05) is 0 Å². The number of primary sulfonamides is 1. The van der Waals surface area contributed by atoms with E-state index in [2.05, 4.69) is 4.72 Å². The molecule has 4 aromatic carbocycles. The molecule has 0 aliphatic carbocycles. The van der Waals surface area contributed by atoms with E-state index < -0.39 is 20.0 Å². The van der Waals surface area contributed by atoms with Crippen LogP contribution in [-0.4, -0.2) is 86.6 Å². The van der Waals surface area contributed by atoms with Gasteiger partial charge < -0.3 is 28.7 Å². The third kappa shape index (κ3) is 10.5. The fraction of sp³-hybridized carbons (Fsp3) is 0.314. The molecular formula is C35H42N4O8S4. The molecule has 12 nitrogen and oxygen atoms in total. The molecule has 4 aromatic rings. The van der Waals surface area contributed by atoms with Crippen molar-refractivity contribution in [2.45, 2.75) is 32.7 Å². The first-order chi connectivity index (χ1) is 24.2. The Bertz CT molecular complexity index is 2080. The Hall–Kier alpha value is -3.48. The van der Waals surface area contributed by atoms with Gasteiger partial charge in [0.15, 0.2) is 0 Å². The number of sulfonamides is 2. The predicted octanol–water partition coefficient (Wildman–Crippen LogP) is 5.61. The monoisotopic (exact) mass is 774 g/mol. The van der Waals surface area contributed by atoms with Gasteiger partial charge in [-0.3, -0.25) is 0 Å². The Morgan fingerprint density at radius 2 is 1.14 bits per heavy atom. The van der Waals surface area contributed by atoms with Crippen molar-refractivity contribution in [3.8, 4) is 34.5 Å². The van der Waals surface area contributed by atoms with E-state index in [0.717, 1.165) is 43.9 Å². The number of fused-ring (bicyclic) bond motifs is 2. The van der Waals surface area contributed by atoms with Gasteiger partial charge in [-0.15, -0.1) is 23.5 Å². The zero-order valence-electron chi connectivity index (χ0n) is 29.0. The minimum atomic E-state index is -3.76. The summed E-state index contributed by atoms with van der Waals surface area (Å²) in [6.07, 6.45) is 0. The van der Waals surface area contributed by atoms with Crippen molar-refractivity contribution in [2.24, 2.45) is 5.14 Å². The molecule has 0 saturated heterocycles. The number of hydrogen-bond acceptors (Lipinski definition) is 12. The van der Waals surface area contributed by atoms with Crippen LogP contribution in [0.15, 0.2) is 92.4 Å². The quantitative estimate of drug-likeness (QED) is 0.195. The first-order valence-electron chi connectivity index (χ1n) is 15.9. The third-order valence-electron chi connectivity index (χ3n) is 7.43. The van der Waals surface area contributed by atoms with E-state index in [1.165, 1.54) is 13.1 Å². The van der Waals surface area contributed by atoms with Crippen molar-refractivity contribution >= 4 is 43.6 Å². The van der Waals surface area contributed by atoms with E-state index in [-0.39, 0.29) is 9.79 Å². The maximum atomic E-state index is 12.1. The summed E-state index contributed by atoms with van der Waals surface area (Å²) in [6, 6.07) is 21.0. The van der Waals surface area contributed by atoms with Crippen molar-refractivity contribution < 1.29 is 35.8 Å². The van der Waals surface area contributed by atoms with E-state index >= 15 is 0 Å². The fourth-order valence-corrected chi connectivity index (χ4v) is 8.10. The van der Waals surface area contributed by atoms with Crippen molar-refractivity contribution in [1.29, 1.82) is 0 Å². The summed E-state index contributed by atoms with van der Waals surface area (Å²) in [5.41, 5.74) is 1.53. The number of nitrogens with zero attached hydrogens (tertiary/aromatic N) is 2. The molecule has 274 valence electrons. The number of rotatable bonds is 11. The number of hydrogen-bond donors (Lipinski definition) is 2. The third-order valence-corrected chi connectivity index (χ3v) is 11.8. The lowest BCUT2D eigenvalue weighted by Gasteiger charge is -2.19. The Labute approximate surface area is 308 Å². The average molecular weight is 775 g/mol. The van der Waals surface area contributed by atoms with Gasteiger partial charge in [-0.05, 0) is 95.9 Å². The Kier molecular flexibility index (Phi) is 12.8. The topological polar surface area (TPSA) is 150 Å². The summed E-state index contributed by atoms with van der Waals surface area (Å²) < 4.78 is 73.1. The van der Waals surface area contributed by atoms with Crippen LogP contribution in [-0.2, 0) is 33.1 Å². The molecule has 0 unspecified atom stereocenters. The van der Waals surface area contributed by atoms with Crippen LogP contribution >= 0.6 is 23.5 Å². The number of ether oxygens (including phenoxy) is 4. The van der Waals surface area contributed by atoms with Crippen LogP contribution < -0.4 is 28.8 Å². The average Bonchev–Trinajstić information content (AvgIpc) is 3.09. The summed E-state index contributed by atoms with van der Waals surface area (Å²) in [7, 11) is 1.78. The van der Waals surface area contributed by atoms with Crippen LogP contribution in [0.3, 0.4) is 0 Å². The molecule has 0 aromatic heterocycles. The van der Waals surface area contributed by atoms with Crippen molar-refractivity contribution in [1.82, 2.24) is 14.5 Å². The van der Waals surface area contributed by atoms with Gasteiger partial charge in [0.2, 0.25) is 20.0 Å². The smallest absolute Gasteiger partial charge is 0.240 e. The zero-order chi connectivity index (χ0) is 36.8. The van der Waals surface area contributed by atoms with Crippen LogP contribution in [0.2, 0.25) is 0 Å². The SMILES string of the molecule is CN(C)Cc1cc(S(N)(=O)=O)ccc1Oc1ccc2c(c1)OCCS2.CNS(=O)(=O)c1ccc(Oc2ccc3c(c2)OCCS3)c(CN(C)C)c1.